The van der Waals surface area contributed by atoms with Crippen molar-refractivity contribution in [2.24, 2.45) is 5.92 Å². The van der Waals surface area contributed by atoms with E-state index in [-0.39, 0.29) is 6.03 Å². The maximum absolute atomic E-state index is 11.9. The molecule has 0 unspecified atom stereocenters. The van der Waals surface area contributed by atoms with Gasteiger partial charge in [-0.15, -0.1) is 0 Å². The van der Waals surface area contributed by atoms with E-state index in [1.54, 1.807) is 0 Å². The van der Waals surface area contributed by atoms with Crippen LogP contribution in [0, 0.1) is 19.8 Å². The second-order valence-electron chi connectivity index (χ2n) is 5.36. The molecular weight excluding hydrogens is 276 g/mol. The first-order valence-corrected chi connectivity index (χ1v) is 7.33. The number of benzene rings is 1. The second kappa shape index (κ2) is 6.95. The van der Waals surface area contributed by atoms with Crippen molar-refractivity contribution in [3.8, 4) is 0 Å². The molecule has 1 aliphatic heterocycles. The van der Waals surface area contributed by atoms with E-state index < -0.39 is 0 Å². The molecule has 1 heterocycles. The van der Waals surface area contributed by atoms with Gasteiger partial charge >= 0.3 is 6.03 Å². The molecule has 2 N–H and O–H groups in total. The fraction of sp³-hybridized carbons (Fsp3) is 0.533. The monoisotopic (exact) mass is 296 g/mol. The van der Waals surface area contributed by atoms with Crippen LogP contribution < -0.4 is 10.6 Å². The highest BCUT2D eigenvalue weighted by molar-refractivity contribution is 6.34. The molecule has 0 aliphatic carbocycles. The van der Waals surface area contributed by atoms with E-state index in [4.69, 9.17) is 16.3 Å². The Balaban J connectivity index is 1.88. The number of urea groups is 1. The quantitative estimate of drug-likeness (QED) is 0.897. The Morgan fingerprint density at radius 3 is 2.90 bits per heavy atom. The predicted molar refractivity (Wildman–Crippen MR) is 81.5 cm³/mol. The lowest BCUT2D eigenvalue weighted by Crippen LogP contribution is -2.36. The van der Waals surface area contributed by atoms with Gasteiger partial charge < -0.3 is 15.4 Å². The molecule has 20 heavy (non-hydrogen) atoms. The second-order valence-corrected chi connectivity index (χ2v) is 5.76. The zero-order chi connectivity index (χ0) is 14.5. The van der Waals surface area contributed by atoms with E-state index in [9.17, 15) is 4.79 Å². The highest BCUT2D eigenvalue weighted by atomic mass is 35.5. The molecule has 0 aromatic heterocycles. The molecule has 0 saturated carbocycles. The van der Waals surface area contributed by atoms with E-state index in [1.807, 2.05) is 26.0 Å². The van der Waals surface area contributed by atoms with Gasteiger partial charge in [-0.25, -0.2) is 4.79 Å². The van der Waals surface area contributed by atoms with E-state index in [2.05, 4.69) is 10.6 Å². The summed E-state index contributed by atoms with van der Waals surface area (Å²) in [4.78, 5) is 11.9. The number of hydrogen-bond acceptors (Lipinski definition) is 2. The molecule has 1 aromatic carbocycles. The Hall–Kier alpha value is -1.26. The van der Waals surface area contributed by atoms with Crippen LogP contribution in [-0.4, -0.2) is 25.8 Å². The van der Waals surface area contributed by atoms with Crippen LogP contribution in [0.25, 0.3) is 0 Å². The van der Waals surface area contributed by atoms with Crippen molar-refractivity contribution in [3.05, 3.63) is 28.3 Å². The van der Waals surface area contributed by atoms with E-state index >= 15 is 0 Å². The average Bonchev–Trinajstić information content (AvgIpc) is 2.42. The fourth-order valence-corrected chi connectivity index (χ4v) is 2.81. The van der Waals surface area contributed by atoms with Crippen LogP contribution in [0.3, 0.4) is 0 Å². The molecule has 1 aliphatic rings. The highest BCUT2D eigenvalue weighted by Crippen LogP contribution is 2.27. The van der Waals surface area contributed by atoms with Crippen molar-refractivity contribution in [1.29, 1.82) is 0 Å². The number of ether oxygens (including phenoxy) is 1. The van der Waals surface area contributed by atoms with Gasteiger partial charge in [0.25, 0.3) is 0 Å². The summed E-state index contributed by atoms with van der Waals surface area (Å²) in [5.41, 5.74) is 2.72. The summed E-state index contributed by atoms with van der Waals surface area (Å²) in [6, 6.07) is 3.62. The van der Waals surface area contributed by atoms with Crippen LogP contribution in [-0.2, 0) is 4.74 Å². The first-order valence-electron chi connectivity index (χ1n) is 6.95. The van der Waals surface area contributed by atoms with Gasteiger partial charge in [0.15, 0.2) is 0 Å². The lowest BCUT2D eigenvalue weighted by atomic mass is 10.0. The number of halogens is 1. The minimum atomic E-state index is -0.218. The van der Waals surface area contributed by atoms with Crippen molar-refractivity contribution < 1.29 is 9.53 Å². The van der Waals surface area contributed by atoms with Crippen LogP contribution in [0.2, 0.25) is 5.02 Å². The van der Waals surface area contributed by atoms with Crippen molar-refractivity contribution in [2.45, 2.75) is 26.7 Å². The van der Waals surface area contributed by atoms with Crippen molar-refractivity contribution in [2.75, 3.05) is 25.1 Å². The van der Waals surface area contributed by atoms with Crippen molar-refractivity contribution >= 4 is 23.3 Å². The van der Waals surface area contributed by atoms with Gasteiger partial charge in [0.1, 0.15) is 0 Å². The van der Waals surface area contributed by atoms with Crippen LogP contribution in [0.1, 0.15) is 24.0 Å². The lowest BCUT2D eigenvalue weighted by molar-refractivity contribution is 0.0559. The smallest absolute Gasteiger partial charge is 0.319 e. The number of rotatable bonds is 3. The van der Waals surface area contributed by atoms with Gasteiger partial charge in [0.2, 0.25) is 0 Å². The van der Waals surface area contributed by atoms with E-state index in [0.29, 0.717) is 23.2 Å². The minimum Gasteiger partial charge on any atom is -0.381 e. The van der Waals surface area contributed by atoms with Gasteiger partial charge in [-0.05, 0) is 49.8 Å². The summed E-state index contributed by atoms with van der Waals surface area (Å²) in [7, 11) is 0. The van der Waals surface area contributed by atoms with Crippen LogP contribution in [0.15, 0.2) is 12.1 Å². The summed E-state index contributed by atoms with van der Waals surface area (Å²) in [6.45, 7) is 6.11. The Morgan fingerprint density at radius 2 is 2.25 bits per heavy atom. The summed E-state index contributed by atoms with van der Waals surface area (Å²) in [5.74, 6) is 0.407. The molecule has 1 atom stereocenters. The number of nitrogens with one attached hydrogen (secondary N) is 2. The van der Waals surface area contributed by atoms with Crippen LogP contribution >= 0.6 is 11.6 Å². The first-order chi connectivity index (χ1) is 9.56. The van der Waals surface area contributed by atoms with Crippen molar-refractivity contribution in [1.82, 2.24) is 5.32 Å². The average molecular weight is 297 g/mol. The number of aryl methyl sites for hydroxylation is 2. The maximum atomic E-state index is 11.9. The Bertz CT molecular complexity index is 462. The molecule has 1 saturated heterocycles. The molecule has 0 radical (unpaired) electrons. The van der Waals surface area contributed by atoms with E-state index in [0.717, 1.165) is 37.2 Å². The highest BCUT2D eigenvalue weighted by Gasteiger charge is 2.15. The standard InChI is InChI=1S/C15H21ClN2O2/c1-10-6-11(2)14(13(16)7-10)18-15(19)17-8-12-4-3-5-20-9-12/h6-7,12H,3-5,8-9H2,1-2H3,(H2,17,18,19)/t12-/m1/s1. The molecule has 0 bridgehead atoms. The summed E-state index contributed by atoms with van der Waals surface area (Å²) >= 11 is 6.17. The number of carbonyl (C=O) groups excluding carboxylic acids is 1. The first kappa shape index (κ1) is 15.1. The predicted octanol–water partition coefficient (Wildman–Crippen LogP) is 3.50. The Labute approximate surface area is 124 Å². The Morgan fingerprint density at radius 1 is 1.45 bits per heavy atom. The molecule has 0 spiro atoms. The molecular formula is C15H21ClN2O2. The topological polar surface area (TPSA) is 50.4 Å². The number of carbonyl (C=O) groups is 1. The molecule has 2 amide bonds. The molecule has 2 rings (SSSR count). The SMILES string of the molecule is Cc1cc(C)c(NC(=O)NC[C@H]2CCCOC2)c(Cl)c1. The lowest BCUT2D eigenvalue weighted by Gasteiger charge is -2.22. The third-order valence-corrected chi connectivity index (χ3v) is 3.77. The number of hydrogen-bond donors (Lipinski definition) is 2. The van der Waals surface area contributed by atoms with Crippen LogP contribution in [0.5, 0.6) is 0 Å². The number of anilines is 1. The molecule has 4 nitrogen and oxygen atoms in total. The largest absolute Gasteiger partial charge is 0.381 e. The van der Waals surface area contributed by atoms with Gasteiger partial charge in [0, 0.05) is 13.2 Å². The van der Waals surface area contributed by atoms with E-state index in [1.165, 1.54) is 0 Å². The summed E-state index contributed by atoms with van der Waals surface area (Å²) in [6.07, 6.45) is 2.17. The Kier molecular flexibility index (Phi) is 5.26. The normalized spacial score (nSPS) is 18.6. The maximum Gasteiger partial charge on any atom is 0.319 e. The molecule has 1 aromatic rings. The van der Waals surface area contributed by atoms with Crippen molar-refractivity contribution in [3.63, 3.8) is 0 Å². The van der Waals surface area contributed by atoms with Crippen LogP contribution in [0.4, 0.5) is 10.5 Å². The zero-order valence-electron chi connectivity index (χ0n) is 12.0. The third-order valence-electron chi connectivity index (χ3n) is 3.48. The zero-order valence-corrected chi connectivity index (χ0v) is 12.7. The van der Waals surface area contributed by atoms with Gasteiger partial charge in [0.05, 0.1) is 17.3 Å². The van der Waals surface area contributed by atoms with Gasteiger partial charge in [-0.2, -0.15) is 0 Å². The molecule has 1 fully saturated rings. The number of amides is 2. The third kappa shape index (κ3) is 4.12. The minimum absolute atomic E-state index is 0.218. The summed E-state index contributed by atoms with van der Waals surface area (Å²) < 4.78 is 5.39. The van der Waals surface area contributed by atoms with Gasteiger partial charge in [-0.1, -0.05) is 17.7 Å². The molecule has 5 heteroatoms. The summed E-state index contributed by atoms with van der Waals surface area (Å²) in [5, 5.41) is 6.27. The fourth-order valence-electron chi connectivity index (χ4n) is 2.44. The molecule has 110 valence electrons. The van der Waals surface area contributed by atoms with Gasteiger partial charge in [-0.3, -0.25) is 0 Å².